The number of hydrogen-bond donors (Lipinski definition) is 2. The number of hydrogen-bond acceptors (Lipinski definition) is 2. The van der Waals surface area contributed by atoms with Crippen LogP contribution in [-0.2, 0) is 17.5 Å². The minimum atomic E-state index is -4.38. The Morgan fingerprint density at radius 2 is 1.88 bits per heavy atom. The van der Waals surface area contributed by atoms with Gasteiger partial charge >= 0.3 is 6.18 Å². The number of halogens is 4. The van der Waals surface area contributed by atoms with Crippen molar-refractivity contribution in [3.05, 3.63) is 35.4 Å². The molecule has 0 aliphatic carbocycles. The van der Waals surface area contributed by atoms with E-state index in [0.717, 1.165) is 12.1 Å². The molecule has 0 saturated heterocycles. The zero-order chi connectivity index (χ0) is 19.0. The summed E-state index contributed by atoms with van der Waals surface area (Å²) in [7, 11) is 3.29. The van der Waals surface area contributed by atoms with Gasteiger partial charge in [0.1, 0.15) is 0 Å². The molecule has 1 aromatic carbocycles. The number of carbonyl (C=O) groups excluding carboxylic acids is 1. The highest BCUT2D eigenvalue weighted by molar-refractivity contribution is 14.0. The van der Waals surface area contributed by atoms with Crippen molar-refractivity contribution in [2.45, 2.75) is 26.6 Å². The fourth-order valence-corrected chi connectivity index (χ4v) is 1.81. The first-order valence-corrected chi connectivity index (χ1v) is 7.98. The molecule has 2 N–H and O–H groups in total. The molecule has 0 spiro atoms. The SMILES string of the molecule is CC(C)CNC(=NCc1cccc(C(F)(F)F)c1)NCC(=O)N(C)C.I. The van der Waals surface area contributed by atoms with Gasteiger partial charge in [-0.1, -0.05) is 26.0 Å². The lowest BCUT2D eigenvalue weighted by molar-refractivity contribution is -0.137. The highest BCUT2D eigenvalue weighted by atomic mass is 127. The molecule has 0 heterocycles. The highest BCUT2D eigenvalue weighted by Crippen LogP contribution is 2.29. The lowest BCUT2D eigenvalue weighted by atomic mass is 10.1. The van der Waals surface area contributed by atoms with Gasteiger partial charge in [0, 0.05) is 20.6 Å². The molecule has 1 rings (SSSR count). The second kappa shape index (κ2) is 11.2. The zero-order valence-electron chi connectivity index (χ0n) is 15.4. The first-order valence-electron chi connectivity index (χ1n) is 7.98. The van der Waals surface area contributed by atoms with E-state index in [-0.39, 0.29) is 43.0 Å². The lowest BCUT2D eigenvalue weighted by Crippen LogP contribution is -2.44. The van der Waals surface area contributed by atoms with Crippen molar-refractivity contribution in [2.75, 3.05) is 27.2 Å². The summed E-state index contributed by atoms with van der Waals surface area (Å²) in [5, 5.41) is 5.97. The number of likely N-dealkylation sites (N-methyl/N-ethyl adjacent to an activating group) is 1. The molecule has 0 atom stereocenters. The lowest BCUT2D eigenvalue weighted by Gasteiger charge is -2.16. The van der Waals surface area contributed by atoms with E-state index in [4.69, 9.17) is 0 Å². The van der Waals surface area contributed by atoms with Gasteiger partial charge in [0.2, 0.25) is 5.91 Å². The summed E-state index contributed by atoms with van der Waals surface area (Å²) in [6.45, 7) is 4.79. The second-order valence-electron chi connectivity index (χ2n) is 6.28. The Morgan fingerprint density at radius 1 is 1.23 bits per heavy atom. The van der Waals surface area contributed by atoms with Crippen LogP contribution in [0.2, 0.25) is 0 Å². The molecule has 0 aliphatic heterocycles. The molecule has 0 bridgehead atoms. The number of nitrogens with zero attached hydrogens (tertiary/aromatic N) is 2. The summed E-state index contributed by atoms with van der Waals surface area (Å²) in [4.78, 5) is 17.4. The van der Waals surface area contributed by atoms with E-state index in [1.807, 2.05) is 13.8 Å². The standard InChI is InChI=1S/C17H25F3N4O.HI/c1-12(2)9-21-16(23-11-15(25)24(3)4)22-10-13-6-5-7-14(8-13)17(18,19)20;/h5-8,12H,9-11H2,1-4H3,(H2,21,22,23);1H. The predicted molar refractivity (Wildman–Crippen MR) is 108 cm³/mol. The molecule has 26 heavy (non-hydrogen) atoms. The largest absolute Gasteiger partial charge is 0.416 e. The van der Waals surface area contributed by atoms with Crippen molar-refractivity contribution in [1.29, 1.82) is 0 Å². The molecule has 0 aromatic heterocycles. The topological polar surface area (TPSA) is 56.7 Å². The number of aliphatic imine (C=N–C) groups is 1. The van der Waals surface area contributed by atoms with E-state index in [0.29, 0.717) is 24.0 Å². The molecule has 9 heteroatoms. The number of amides is 1. The van der Waals surface area contributed by atoms with Crippen molar-refractivity contribution in [3.63, 3.8) is 0 Å². The molecule has 1 aromatic rings. The maximum Gasteiger partial charge on any atom is 0.416 e. The van der Waals surface area contributed by atoms with Crippen LogP contribution in [0.1, 0.15) is 25.0 Å². The number of guanidine groups is 1. The molecule has 0 aliphatic rings. The third-order valence-electron chi connectivity index (χ3n) is 3.26. The second-order valence-corrected chi connectivity index (χ2v) is 6.28. The van der Waals surface area contributed by atoms with Gasteiger partial charge in [-0.25, -0.2) is 4.99 Å². The summed E-state index contributed by atoms with van der Waals surface area (Å²) in [5.74, 6) is 0.615. The fraction of sp³-hybridized carbons (Fsp3) is 0.529. The van der Waals surface area contributed by atoms with Crippen molar-refractivity contribution in [2.24, 2.45) is 10.9 Å². The van der Waals surface area contributed by atoms with E-state index >= 15 is 0 Å². The van der Waals surface area contributed by atoms with E-state index < -0.39 is 11.7 Å². The van der Waals surface area contributed by atoms with Crippen LogP contribution in [0.25, 0.3) is 0 Å². The Labute approximate surface area is 169 Å². The molecule has 0 saturated carbocycles. The summed E-state index contributed by atoms with van der Waals surface area (Å²) >= 11 is 0. The van der Waals surface area contributed by atoms with Crippen molar-refractivity contribution < 1.29 is 18.0 Å². The summed E-state index contributed by atoms with van der Waals surface area (Å²) in [5.41, 5.74) is -0.257. The van der Waals surface area contributed by atoms with Gasteiger partial charge in [-0.05, 0) is 23.6 Å². The zero-order valence-corrected chi connectivity index (χ0v) is 17.7. The van der Waals surface area contributed by atoms with Crippen LogP contribution in [0.4, 0.5) is 13.2 Å². The van der Waals surface area contributed by atoms with Crippen molar-refractivity contribution >= 4 is 35.8 Å². The normalized spacial score (nSPS) is 11.8. The molecule has 1 amide bonds. The number of carbonyl (C=O) groups is 1. The predicted octanol–water partition coefficient (Wildman–Crippen LogP) is 3.10. The minimum absolute atomic E-state index is 0. The molecule has 0 unspecified atom stereocenters. The highest BCUT2D eigenvalue weighted by Gasteiger charge is 2.30. The first-order chi connectivity index (χ1) is 11.6. The molecular formula is C17H26F3IN4O. The van der Waals surface area contributed by atoms with Crippen LogP contribution >= 0.6 is 24.0 Å². The number of rotatable bonds is 6. The van der Waals surface area contributed by atoms with Gasteiger partial charge in [0.05, 0.1) is 18.7 Å². The van der Waals surface area contributed by atoms with Crippen LogP contribution in [0.15, 0.2) is 29.3 Å². The minimum Gasteiger partial charge on any atom is -0.356 e. The summed E-state index contributed by atoms with van der Waals surface area (Å²) in [6, 6.07) is 5.05. The van der Waals surface area contributed by atoms with Gasteiger partial charge in [-0.3, -0.25) is 4.79 Å². The third kappa shape index (κ3) is 9.25. The van der Waals surface area contributed by atoms with Crippen molar-refractivity contribution in [3.8, 4) is 0 Å². The monoisotopic (exact) mass is 486 g/mol. The Morgan fingerprint density at radius 3 is 2.42 bits per heavy atom. The van der Waals surface area contributed by atoms with Crippen LogP contribution in [-0.4, -0.2) is 44.0 Å². The molecule has 0 radical (unpaired) electrons. The van der Waals surface area contributed by atoms with Gasteiger partial charge in [-0.15, -0.1) is 24.0 Å². The first kappa shape index (κ1) is 24.5. The third-order valence-corrected chi connectivity index (χ3v) is 3.26. The van der Waals surface area contributed by atoms with Gasteiger partial charge < -0.3 is 15.5 Å². The van der Waals surface area contributed by atoms with E-state index in [9.17, 15) is 18.0 Å². The quantitative estimate of drug-likeness (QED) is 0.369. The maximum atomic E-state index is 12.8. The average molecular weight is 486 g/mol. The fourth-order valence-electron chi connectivity index (χ4n) is 1.81. The van der Waals surface area contributed by atoms with Crippen LogP contribution in [0, 0.1) is 5.92 Å². The molecule has 5 nitrogen and oxygen atoms in total. The van der Waals surface area contributed by atoms with Crippen LogP contribution in [0.5, 0.6) is 0 Å². The van der Waals surface area contributed by atoms with E-state index in [2.05, 4.69) is 15.6 Å². The Balaban J connectivity index is 0.00000625. The summed E-state index contributed by atoms with van der Waals surface area (Å²) < 4.78 is 38.3. The van der Waals surface area contributed by atoms with Gasteiger partial charge in [-0.2, -0.15) is 13.2 Å². The maximum absolute atomic E-state index is 12.8. The summed E-state index contributed by atoms with van der Waals surface area (Å²) in [6.07, 6.45) is -4.38. The Hall–Kier alpha value is -1.52. The Kier molecular flexibility index (Phi) is 10.6. The molecule has 0 fully saturated rings. The Bertz CT molecular complexity index is 604. The number of alkyl halides is 3. The molecular weight excluding hydrogens is 460 g/mol. The number of benzene rings is 1. The van der Waals surface area contributed by atoms with Gasteiger partial charge in [0.25, 0.3) is 0 Å². The van der Waals surface area contributed by atoms with Gasteiger partial charge in [0.15, 0.2) is 5.96 Å². The average Bonchev–Trinajstić information content (AvgIpc) is 2.53. The van der Waals surface area contributed by atoms with E-state index in [1.54, 1.807) is 20.2 Å². The number of nitrogens with one attached hydrogen (secondary N) is 2. The van der Waals surface area contributed by atoms with Crippen molar-refractivity contribution in [1.82, 2.24) is 15.5 Å². The van der Waals surface area contributed by atoms with Crippen LogP contribution in [0.3, 0.4) is 0 Å². The molecule has 148 valence electrons. The van der Waals surface area contributed by atoms with Crippen LogP contribution < -0.4 is 10.6 Å². The smallest absolute Gasteiger partial charge is 0.356 e. The van der Waals surface area contributed by atoms with E-state index in [1.165, 1.54) is 11.0 Å².